The van der Waals surface area contributed by atoms with E-state index in [1.165, 1.54) is 6.07 Å². The lowest BCUT2D eigenvalue weighted by molar-refractivity contribution is -0.143. The highest BCUT2D eigenvalue weighted by molar-refractivity contribution is 9.10. The summed E-state index contributed by atoms with van der Waals surface area (Å²) in [6.07, 6.45) is 3.23. The second-order valence-electron chi connectivity index (χ2n) is 5.06. The molecule has 3 nitrogen and oxygen atoms in total. The van der Waals surface area contributed by atoms with Crippen LogP contribution in [0.15, 0.2) is 22.7 Å². The number of carboxylic acids is 1. The van der Waals surface area contributed by atoms with Gasteiger partial charge in [-0.2, -0.15) is 0 Å². The molecule has 2 rings (SSSR count). The second kappa shape index (κ2) is 6.37. The number of carboxylic acid groups (broad SMARTS) is 1. The summed E-state index contributed by atoms with van der Waals surface area (Å²) in [4.78, 5) is 10.9. The number of hydrogen-bond acceptors (Lipinski definition) is 2. The SMILES string of the molecule is O=C(O)C1CCC(CNc2cc(Br)ccc2F)CC1. The molecule has 0 atom stereocenters. The molecular weight excluding hydrogens is 313 g/mol. The standard InChI is InChI=1S/C14H17BrFNO2/c15-11-5-6-12(16)13(7-11)17-8-9-1-3-10(4-2-9)14(18)19/h5-7,9-10,17H,1-4,8H2,(H,18,19). The van der Waals surface area contributed by atoms with E-state index < -0.39 is 5.97 Å². The van der Waals surface area contributed by atoms with Gasteiger partial charge in [0.25, 0.3) is 0 Å². The highest BCUT2D eigenvalue weighted by Gasteiger charge is 2.25. The molecule has 0 heterocycles. The fourth-order valence-electron chi connectivity index (χ4n) is 2.50. The van der Waals surface area contributed by atoms with Crippen molar-refractivity contribution >= 4 is 27.6 Å². The average molecular weight is 330 g/mol. The van der Waals surface area contributed by atoms with Crippen LogP contribution in [0.2, 0.25) is 0 Å². The van der Waals surface area contributed by atoms with E-state index >= 15 is 0 Å². The molecule has 0 bridgehead atoms. The number of aliphatic carboxylic acids is 1. The van der Waals surface area contributed by atoms with Gasteiger partial charge in [0.1, 0.15) is 5.82 Å². The molecule has 0 aromatic heterocycles. The van der Waals surface area contributed by atoms with Gasteiger partial charge in [0.15, 0.2) is 0 Å². The van der Waals surface area contributed by atoms with E-state index in [-0.39, 0.29) is 11.7 Å². The molecular formula is C14H17BrFNO2. The average Bonchev–Trinajstić information content (AvgIpc) is 2.40. The lowest BCUT2D eigenvalue weighted by atomic mass is 9.82. The summed E-state index contributed by atoms with van der Waals surface area (Å²) >= 11 is 3.31. The third kappa shape index (κ3) is 3.93. The lowest BCUT2D eigenvalue weighted by Gasteiger charge is -2.26. The van der Waals surface area contributed by atoms with Crippen molar-refractivity contribution in [2.24, 2.45) is 11.8 Å². The molecule has 104 valence electrons. The molecule has 1 fully saturated rings. The fourth-order valence-corrected chi connectivity index (χ4v) is 2.86. The molecule has 0 aliphatic heterocycles. The zero-order valence-corrected chi connectivity index (χ0v) is 12.1. The topological polar surface area (TPSA) is 49.3 Å². The van der Waals surface area contributed by atoms with Crippen LogP contribution in [0.5, 0.6) is 0 Å². The Bertz CT molecular complexity index is 459. The Kier molecular flexibility index (Phi) is 4.80. The molecule has 1 aromatic carbocycles. The van der Waals surface area contributed by atoms with Gasteiger partial charge >= 0.3 is 5.97 Å². The van der Waals surface area contributed by atoms with Crippen molar-refractivity contribution in [2.75, 3.05) is 11.9 Å². The van der Waals surface area contributed by atoms with Gasteiger partial charge in [-0.05, 0) is 49.8 Å². The molecule has 19 heavy (non-hydrogen) atoms. The summed E-state index contributed by atoms with van der Waals surface area (Å²) < 4.78 is 14.4. The number of anilines is 1. The summed E-state index contributed by atoms with van der Waals surface area (Å²) in [7, 11) is 0. The zero-order chi connectivity index (χ0) is 13.8. The Labute approximate surface area is 120 Å². The van der Waals surface area contributed by atoms with Crippen molar-refractivity contribution in [1.82, 2.24) is 0 Å². The first-order valence-electron chi connectivity index (χ1n) is 6.48. The maximum atomic E-state index is 13.5. The molecule has 5 heteroatoms. The summed E-state index contributed by atoms with van der Waals surface area (Å²) in [6.45, 7) is 0.694. The molecule has 0 unspecified atom stereocenters. The van der Waals surface area contributed by atoms with Gasteiger partial charge in [0.2, 0.25) is 0 Å². The van der Waals surface area contributed by atoms with Crippen molar-refractivity contribution in [3.63, 3.8) is 0 Å². The Morgan fingerprint density at radius 3 is 2.68 bits per heavy atom. The number of nitrogens with one attached hydrogen (secondary N) is 1. The number of benzene rings is 1. The zero-order valence-electron chi connectivity index (χ0n) is 10.5. The van der Waals surface area contributed by atoms with Crippen LogP contribution in [0, 0.1) is 17.7 Å². The van der Waals surface area contributed by atoms with Crippen LogP contribution >= 0.6 is 15.9 Å². The Morgan fingerprint density at radius 1 is 1.37 bits per heavy atom. The largest absolute Gasteiger partial charge is 0.481 e. The molecule has 0 saturated heterocycles. The molecule has 1 aliphatic carbocycles. The summed E-state index contributed by atoms with van der Waals surface area (Å²) in [5.74, 6) is -0.722. The van der Waals surface area contributed by atoms with Crippen LogP contribution < -0.4 is 5.32 Å². The molecule has 1 aromatic rings. The number of hydrogen-bond donors (Lipinski definition) is 2. The van der Waals surface area contributed by atoms with Gasteiger partial charge in [0, 0.05) is 11.0 Å². The van der Waals surface area contributed by atoms with Gasteiger partial charge in [-0.15, -0.1) is 0 Å². The van der Waals surface area contributed by atoms with E-state index in [1.54, 1.807) is 12.1 Å². The molecule has 0 radical (unpaired) electrons. The lowest BCUT2D eigenvalue weighted by Crippen LogP contribution is -2.25. The van der Waals surface area contributed by atoms with Crippen molar-refractivity contribution < 1.29 is 14.3 Å². The van der Waals surface area contributed by atoms with Crippen LogP contribution in [0.1, 0.15) is 25.7 Å². The van der Waals surface area contributed by atoms with Gasteiger partial charge in [-0.25, -0.2) is 4.39 Å². The van der Waals surface area contributed by atoms with Crippen LogP contribution in [0.25, 0.3) is 0 Å². The number of carbonyl (C=O) groups is 1. The predicted molar refractivity (Wildman–Crippen MR) is 75.7 cm³/mol. The number of rotatable bonds is 4. The van der Waals surface area contributed by atoms with Crippen LogP contribution in [0.3, 0.4) is 0 Å². The van der Waals surface area contributed by atoms with E-state index in [0.29, 0.717) is 18.2 Å². The number of halogens is 2. The van der Waals surface area contributed by atoms with Gasteiger partial charge < -0.3 is 10.4 Å². The van der Waals surface area contributed by atoms with Gasteiger partial charge in [-0.3, -0.25) is 4.79 Å². The Morgan fingerprint density at radius 2 is 2.05 bits per heavy atom. The van der Waals surface area contributed by atoms with Crippen molar-refractivity contribution in [3.8, 4) is 0 Å². The molecule has 1 saturated carbocycles. The first kappa shape index (κ1) is 14.3. The second-order valence-corrected chi connectivity index (χ2v) is 5.98. The van der Waals surface area contributed by atoms with Gasteiger partial charge in [0.05, 0.1) is 11.6 Å². The summed E-state index contributed by atoms with van der Waals surface area (Å²) in [6, 6.07) is 4.81. The maximum Gasteiger partial charge on any atom is 0.306 e. The normalized spacial score (nSPS) is 23.1. The third-order valence-electron chi connectivity index (χ3n) is 3.71. The van der Waals surface area contributed by atoms with E-state index in [4.69, 9.17) is 5.11 Å². The smallest absolute Gasteiger partial charge is 0.306 e. The van der Waals surface area contributed by atoms with Crippen molar-refractivity contribution in [3.05, 3.63) is 28.5 Å². The monoisotopic (exact) mass is 329 g/mol. The Hall–Kier alpha value is -1.10. The van der Waals surface area contributed by atoms with E-state index in [0.717, 1.165) is 30.2 Å². The van der Waals surface area contributed by atoms with Crippen LogP contribution in [0.4, 0.5) is 10.1 Å². The van der Waals surface area contributed by atoms with E-state index in [2.05, 4.69) is 21.2 Å². The maximum absolute atomic E-state index is 13.5. The predicted octanol–water partition coefficient (Wildman–Crippen LogP) is 3.89. The third-order valence-corrected chi connectivity index (χ3v) is 4.20. The van der Waals surface area contributed by atoms with Crippen LogP contribution in [-0.2, 0) is 4.79 Å². The molecule has 1 aliphatic rings. The molecule has 0 amide bonds. The highest BCUT2D eigenvalue weighted by atomic mass is 79.9. The minimum atomic E-state index is -0.690. The van der Waals surface area contributed by atoms with Crippen molar-refractivity contribution in [2.45, 2.75) is 25.7 Å². The van der Waals surface area contributed by atoms with E-state index in [9.17, 15) is 9.18 Å². The van der Waals surface area contributed by atoms with E-state index in [1.807, 2.05) is 0 Å². The summed E-state index contributed by atoms with van der Waals surface area (Å²) in [5.41, 5.74) is 0.495. The van der Waals surface area contributed by atoms with Crippen molar-refractivity contribution in [1.29, 1.82) is 0 Å². The quantitative estimate of drug-likeness (QED) is 0.880. The van der Waals surface area contributed by atoms with Gasteiger partial charge in [-0.1, -0.05) is 15.9 Å². The minimum absolute atomic E-state index is 0.196. The first-order chi connectivity index (χ1) is 9.06. The first-order valence-corrected chi connectivity index (χ1v) is 7.27. The fraction of sp³-hybridized carbons (Fsp3) is 0.500. The minimum Gasteiger partial charge on any atom is -0.481 e. The summed E-state index contributed by atoms with van der Waals surface area (Å²) in [5, 5.41) is 12.0. The highest BCUT2D eigenvalue weighted by Crippen LogP contribution is 2.29. The molecule has 2 N–H and O–H groups in total. The Balaban J connectivity index is 1.83. The van der Waals surface area contributed by atoms with Crippen LogP contribution in [-0.4, -0.2) is 17.6 Å². The molecule has 0 spiro atoms.